The highest BCUT2D eigenvalue weighted by atomic mass is 32.1. The second-order valence-corrected chi connectivity index (χ2v) is 8.32. The fraction of sp³-hybridized carbons (Fsp3) is 0.261. The lowest BCUT2D eigenvalue weighted by molar-refractivity contribution is -0.0190. The van der Waals surface area contributed by atoms with Crippen LogP contribution in [0.4, 0.5) is 0 Å². The molecule has 28 heavy (non-hydrogen) atoms. The first-order chi connectivity index (χ1) is 13.7. The molecular weight excluding hydrogens is 368 g/mol. The number of fused-ring (bicyclic) bond motifs is 3. The van der Waals surface area contributed by atoms with Crippen molar-refractivity contribution in [1.29, 1.82) is 0 Å². The number of hydrogen-bond acceptors (Lipinski definition) is 5. The lowest BCUT2D eigenvalue weighted by atomic mass is 9.98. The van der Waals surface area contributed by atoms with Crippen LogP contribution in [0.25, 0.3) is 0 Å². The van der Waals surface area contributed by atoms with Gasteiger partial charge in [0.05, 0.1) is 22.7 Å². The summed E-state index contributed by atoms with van der Waals surface area (Å²) in [5.74, 6) is 1.81. The Hall–Kier alpha value is -2.79. The van der Waals surface area contributed by atoms with Crippen molar-refractivity contribution in [3.63, 3.8) is 0 Å². The van der Waals surface area contributed by atoms with E-state index in [9.17, 15) is 0 Å². The number of ether oxygens (including phenoxy) is 2. The summed E-state index contributed by atoms with van der Waals surface area (Å²) in [6.07, 6.45) is 0.807. The standard InChI is InChI=1S/C23H22N2O2S/c1-15(2)26-17-11-9-16(10-12-17)23-25-20(18-6-3-4-7-21(18)27-23)14-19(24-25)22-8-5-13-28-22/h3-13,15,20,23H,14H2,1-2H3/t20-,23+/m0/s1. The highest BCUT2D eigenvalue weighted by Gasteiger charge is 2.40. The first-order valence-corrected chi connectivity index (χ1v) is 10.5. The number of hydrogen-bond donors (Lipinski definition) is 0. The lowest BCUT2D eigenvalue weighted by Gasteiger charge is -2.38. The van der Waals surface area contributed by atoms with Crippen LogP contribution in [0.3, 0.4) is 0 Å². The summed E-state index contributed by atoms with van der Waals surface area (Å²) in [7, 11) is 0. The van der Waals surface area contributed by atoms with Gasteiger partial charge in [0.15, 0.2) is 0 Å². The molecule has 0 saturated carbocycles. The zero-order valence-corrected chi connectivity index (χ0v) is 16.7. The van der Waals surface area contributed by atoms with Crippen molar-refractivity contribution >= 4 is 17.0 Å². The summed E-state index contributed by atoms with van der Waals surface area (Å²) in [5, 5.41) is 9.21. The predicted octanol–water partition coefficient (Wildman–Crippen LogP) is 5.78. The van der Waals surface area contributed by atoms with Gasteiger partial charge in [-0.2, -0.15) is 5.10 Å². The molecule has 142 valence electrons. The van der Waals surface area contributed by atoms with E-state index < -0.39 is 0 Å². The molecule has 0 N–H and O–H groups in total. The molecule has 5 rings (SSSR count). The molecule has 0 fully saturated rings. The van der Waals surface area contributed by atoms with Gasteiger partial charge in [0.1, 0.15) is 11.5 Å². The molecule has 0 bridgehead atoms. The fourth-order valence-electron chi connectivity index (χ4n) is 3.83. The summed E-state index contributed by atoms with van der Waals surface area (Å²) in [4.78, 5) is 1.23. The zero-order chi connectivity index (χ0) is 19.1. The third-order valence-electron chi connectivity index (χ3n) is 5.04. The van der Waals surface area contributed by atoms with Gasteiger partial charge >= 0.3 is 0 Å². The van der Waals surface area contributed by atoms with E-state index in [1.807, 2.05) is 32.0 Å². The van der Waals surface area contributed by atoms with Crippen molar-refractivity contribution in [3.8, 4) is 11.5 Å². The molecule has 2 aliphatic rings. The molecule has 2 atom stereocenters. The highest BCUT2D eigenvalue weighted by molar-refractivity contribution is 7.12. The van der Waals surface area contributed by atoms with Crippen LogP contribution in [-0.2, 0) is 0 Å². The number of nitrogens with zero attached hydrogens (tertiary/aromatic N) is 2. The van der Waals surface area contributed by atoms with Crippen molar-refractivity contribution in [2.24, 2.45) is 5.10 Å². The maximum atomic E-state index is 6.40. The maximum Gasteiger partial charge on any atom is 0.213 e. The molecule has 3 aromatic rings. The second kappa shape index (κ2) is 6.99. The molecule has 0 saturated heterocycles. The summed E-state index contributed by atoms with van der Waals surface area (Å²) in [6.45, 7) is 4.06. The van der Waals surface area contributed by atoms with Gasteiger partial charge in [-0.3, -0.25) is 0 Å². The fourth-order valence-corrected chi connectivity index (χ4v) is 4.55. The minimum Gasteiger partial charge on any atom is -0.491 e. The van der Waals surface area contributed by atoms with Gasteiger partial charge in [0, 0.05) is 17.5 Å². The van der Waals surface area contributed by atoms with E-state index in [-0.39, 0.29) is 18.4 Å². The predicted molar refractivity (Wildman–Crippen MR) is 112 cm³/mol. The highest BCUT2D eigenvalue weighted by Crippen LogP contribution is 2.47. The Labute approximate surface area is 169 Å². The first-order valence-electron chi connectivity index (χ1n) is 9.61. The summed E-state index contributed by atoms with van der Waals surface area (Å²) >= 11 is 1.74. The van der Waals surface area contributed by atoms with E-state index in [0.717, 1.165) is 29.2 Å². The molecule has 0 aliphatic carbocycles. The van der Waals surface area contributed by atoms with Crippen LogP contribution in [0.5, 0.6) is 11.5 Å². The van der Waals surface area contributed by atoms with Crippen LogP contribution in [0.15, 0.2) is 71.1 Å². The molecule has 3 heterocycles. The Morgan fingerprint density at radius 3 is 2.64 bits per heavy atom. The van der Waals surface area contributed by atoms with Crippen LogP contribution in [0.2, 0.25) is 0 Å². The third-order valence-corrected chi connectivity index (χ3v) is 5.96. The smallest absolute Gasteiger partial charge is 0.213 e. The molecule has 0 radical (unpaired) electrons. The molecule has 4 nitrogen and oxygen atoms in total. The number of rotatable bonds is 4. The van der Waals surface area contributed by atoms with Crippen LogP contribution in [0, 0.1) is 0 Å². The normalized spacial score (nSPS) is 20.4. The number of hydrazone groups is 1. The summed E-state index contributed by atoms with van der Waals surface area (Å²) < 4.78 is 12.2. The Kier molecular flexibility index (Phi) is 4.32. The SMILES string of the molecule is CC(C)Oc1ccc([C@H]2Oc3ccccc3[C@@H]3CC(c4cccs4)=NN23)cc1. The lowest BCUT2D eigenvalue weighted by Crippen LogP contribution is -2.33. The van der Waals surface area contributed by atoms with Crippen molar-refractivity contribution in [1.82, 2.24) is 5.01 Å². The minimum atomic E-state index is -0.245. The minimum absolute atomic E-state index is 0.157. The number of thiophene rings is 1. The largest absolute Gasteiger partial charge is 0.491 e. The first kappa shape index (κ1) is 17.3. The van der Waals surface area contributed by atoms with Gasteiger partial charge < -0.3 is 9.47 Å². The van der Waals surface area contributed by atoms with E-state index in [0.29, 0.717) is 0 Å². The second-order valence-electron chi connectivity index (χ2n) is 7.37. The Bertz CT molecular complexity index is 996. The van der Waals surface area contributed by atoms with Crippen LogP contribution >= 0.6 is 11.3 Å². The number of para-hydroxylation sites is 1. The van der Waals surface area contributed by atoms with Crippen molar-refractivity contribution in [3.05, 3.63) is 82.0 Å². The topological polar surface area (TPSA) is 34.1 Å². The van der Waals surface area contributed by atoms with Gasteiger partial charge in [0.25, 0.3) is 0 Å². The molecule has 0 amide bonds. The van der Waals surface area contributed by atoms with E-state index in [4.69, 9.17) is 14.6 Å². The van der Waals surface area contributed by atoms with E-state index in [1.54, 1.807) is 11.3 Å². The monoisotopic (exact) mass is 390 g/mol. The summed E-state index contributed by atoms with van der Waals surface area (Å²) in [6, 6.07) is 20.9. The van der Waals surface area contributed by atoms with Gasteiger partial charge in [-0.05, 0) is 55.6 Å². The molecule has 5 heteroatoms. The van der Waals surface area contributed by atoms with Crippen LogP contribution in [0.1, 0.15) is 48.5 Å². The van der Waals surface area contributed by atoms with Crippen molar-refractivity contribution in [2.75, 3.05) is 0 Å². The van der Waals surface area contributed by atoms with Gasteiger partial charge in [-0.1, -0.05) is 24.3 Å². The Balaban J connectivity index is 1.52. The molecule has 0 spiro atoms. The quantitative estimate of drug-likeness (QED) is 0.566. The van der Waals surface area contributed by atoms with E-state index in [1.165, 1.54) is 10.4 Å². The Morgan fingerprint density at radius 1 is 1.07 bits per heavy atom. The van der Waals surface area contributed by atoms with Crippen molar-refractivity contribution < 1.29 is 9.47 Å². The summed E-state index contributed by atoms with van der Waals surface area (Å²) in [5.41, 5.74) is 3.41. The van der Waals surface area contributed by atoms with Gasteiger partial charge in [-0.15, -0.1) is 11.3 Å². The average molecular weight is 391 g/mol. The number of benzene rings is 2. The third kappa shape index (κ3) is 3.06. The van der Waals surface area contributed by atoms with E-state index in [2.05, 4.69) is 52.9 Å². The van der Waals surface area contributed by atoms with Crippen molar-refractivity contribution in [2.45, 2.75) is 38.6 Å². The van der Waals surface area contributed by atoms with E-state index >= 15 is 0 Å². The van der Waals surface area contributed by atoms with Crippen LogP contribution in [-0.4, -0.2) is 16.8 Å². The Morgan fingerprint density at radius 2 is 1.89 bits per heavy atom. The molecule has 2 aromatic carbocycles. The van der Waals surface area contributed by atoms with Gasteiger partial charge in [-0.25, -0.2) is 5.01 Å². The average Bonchev–Trinajstić information content (AvgIpc) is 3.37. The van der Waals surface area contributed by atoms with Gasteiger partial charge in [0.2, 0.25) is 6.23 Å². The molecular formula is C23H22N2O2S. The molecule has 0 unspecified atom stereocenters. The maximum absolute atomic E-state index is 6.40. The zero-order valence-electron chi connectivity index (χ0n) is 15.9. The van der Waals surface area contributed by atoms with Crippen LogP contribution < -0.4 is 9.47 Å². The molecule has 2 aliphatic heterocycles. The molecule has 1 aromatic heterocycles.